The molecule has 1 aliphatic heterocycles. The molecule has 0 atom stereocenters. The van der Waals surface area contributed by atoms with Crippen LogP contribution >= 0.6 is 0 Å². The predicted molar refractivity (Wildman–Crippen MR) is 69.7 cm³/mol. The summed E-state index contributed by atoms with van der Waals surface area (Å²) in [7, 11) is -3.87. The normalized spacial score (nSPS) is 17.9. The summed E-state index contributed by atoms with van der Waals surface area (Å²) in [5.41, 5.74) is -0.447. The summed E-state index contributed by atoms with van der Waals surface area (Å²) >= 11 is 0. The Labute approximate surface area is 117 Å². The van der Waals surface area contributed by atoms with Gasteiger partial charge in [-0.2, -0.15) is 9.57 Å². The highest BCUT2D eigenvalue weighted by Crippen LogP contribution is 2.26. The summed E-state index contributed by atoms with van der Waals surface area (Å²) in [6, 6.07) is 5.20. The number of aliphatic hydroxyl groups excluding tert-OH is 1. The topological polar surface area (TPSA) is 81.4 Å². The van der Waals surface area contributed by atoms with Crippen LogP contribution in [0, 0.1) is 23.1 Å². The van der Waals surface area contributed by atoms with Crippen LogP contribution in [-0.2, 0) is 10.0 Å². The first-order valence-corrected chi connectivity index (χ1v) is 7.74. The molecule has 0 bridgehead atoms. The average molecular weight is 298 g/mol. The molecule has 1 fully saturated rings. The highest BCUT2D eigenvalue weighted by atomic mass is 32.2. The second-order valence-electron chi connectivity index (χ2n) is 4.75. The van der Waals surface area contributed by atoms with Gasteiger partial charge in [0.15, 0.2) is 0 Å². The van der Waals surface area contributed by atoms with E-state index in [4.69, 9.17) is 10.4 Å². The Morgan fingerprint density at radius 2 is 2.05 bits per heavy atom. The Balaban J connectivity index is 2.33. The van der Waals surface area contributed by atoms with Crippen LogP contribution in [0.3, 0.4) is 0 Å². The van der Waals surface area contributed by atoms with Gasteiger partial charge in [0.2, 0.25) is 10.0 Å². The maximum absolute atomic E-state index is 13.5. The standard InChI is InChI=1S/C13H15FN2O3S/c14-12-2-1-3-13(11(12)8-15)20(18,19)16-6-4-10(9-17)5-7-16/h1-3,10,17H,4-7,9H2. The molecule has 0 saturated carbocycles. The molecule has 1 heterocycles. The number of piperidine rings is 1. The van der Waals surface area contributed by atoms with Gasteiger partial charge in [-0.25, -0.2) is 12.8 Å². The Morgan fingerprint density at radius 3 is 2.60 bits per heavy atom. The van der Waals surface area contributed by atoms with Crippen molar-refractivity contribution in [1.29, 1.82) is 5.26 Å². The number of aliphatic hydroxyl groups is 1. The van der Waals surface area contributed by atoms with E-state index in [2.05, 4.69) is 0 Å². The molecule has 1 saturated heterocycles. The fourth-order valence-corrected chi connectivity index (χ4v) is 3.92. The molecule has 0 radical (unpaired) electrons. The maximum atomic E-state index is 13.5. The van der Waals surface area contributed by atoms with Crippen molar-refractivity contribution in [3.05, 3.63) is 29.6 Å². The summed E-state index contributed by atoms with van der Waals surface area (Å²) in [5, 5.41) is 18.0. The zero-order valence-electron chi connectivity index (χ0n) is 10.8. The summed E-state index contributed by atoms with van der Waals surface area (Å²) in [6.45, 7) is 0.585. The predicted octanol–water partition coefficient (Wildman–Crippen LogP) is 1.09. The first-order valence-electron chi connectivity index (χ1n) is 6.30. The van der Waals surface area contributed by atoms with Gasteiger partial charge in [0.1, 0.15) is 22.3 Å². The third-order valence-corrected chi connectivity index (χ3v) is 5.48. The van der Waals surface area contributed by atoms with Crippen molar-refractivity contribution in [1.82, 2.24) is 4.31 Å². The first-order chi connectivity index (χ1) is 9.50. The molecule has 0 aromatic heterocycles. The summed E-state index contributed by atoms with van der Waals surface area (Å²) < 4.78 is 39.7. The third-order valence-electron chi connectivity index (χ3n) is 3.54. The Hall–Kier alpha value is -1.49. The smallest absolute Gasteiger partial charge is 0.244 e. The Kier molecular flexibility index (Phi) is 4.38. The quantitative estimate of drug-likeness (QED) is 0.905. The molecule has 1 N–H and O–H groups in total. The van der Waals surface area contributed by atoms with Crippen molar-refractivity contribution in [3.8, 4) is 6.07 Å². The molecule has 2 rings (SSSR count). The monoisotopic (exact) mass is 298 g/mol. The fraction of sp³-hybridized carbons (Fsp3) is 0.462. The van der Waals surface area contributed by atoms with Gasteiger partial charge in [0.05, 0.1) is 0 Å². The largest absolute Gasteiger partial charge is 0.396 e. The van der Waals surface area contributed by atoms with E-state index in [9.17, 15) is 12.8 Å². The number of rotatable bonds is 3. The fourth-order valence-electron chi connectivity index (χ4n) is 2.30. The van der Waals surface area contributed by atoms with Crippen molar-refractivity contribution in [2.24, 2.45) is 5.92 Å². The number of sulfonamides is 1. The van der Waals surface area contributed by atoms with E-state index in [0.29, 0.717) is 12.8 Å². The second kappa shape index (κ2) is 5.87. The molecular weight excluding hydrogens is 283 g/mol. The lowest BCUT2D eigenvalue weighted by molar-refractivity contribution is 0.170. The van der Waals surface area contributed by atoms with Crippen molar-refractivity contribution in [2.75, 3.05) is 19.7 Å². The molecule has 5 nitrogen and oxygen atoms in total. The van der Waals surface area contributed by atoms with Crippen molar-refractivity contribution < 1.29 is 17.9 Å². The lowest BCUT2D eigenvalue weighted by Crippen LogP contribution is -2.39. The Morgan fingerprint density at radius 1 is 1.40 bits per heavy atom. The molecule has 7 heteroatoms. The summed E-state index contributed by atoms with van der Waals surface area (Å²) in [5.74, 6) is -0.733. The van der Waals surface area contributed by atoms with E-state index in [1.807, 2.05) is 0 Å². The minimum atomic E-state index is -3.87. The zero-order valence-corrected chi connectivity index (χ0v) is 11.6. The number of benzene rings is 1. The van der Waals surface area contributed by atoms with Gasteiger partial charge in [-0.3, -0.25) is 0 Å². The van der Waals surface area contributed by atoms with Gasteiger partial charge in [-0.15, -0.1) is 0 Å². The van der Waals surface area contributed by atoms with Crippen molar-refractivity contribution >= 4 is 10.0 Å². The highest BCUT2D eigenvalue weighted by molar-refractivity contribution is 7.89. The molecule has 0 amide bonds. The van der Waals surface area contributed by atoms with E-state index in [0.717, 1.165) is 6.07 Å². The number of nitriles is 1. The van der Waals surface area contributed by atoms with Crippen LogP contribution in [0.25, 0.3) is 0 Å². The van der Waals surface area contributed by atoms with Gasteiger partial charge < -0.3 is 5.11 Å². The Bertz CT molecular complexity index is 632. The number of halogens is 1. The number of hydrogen-bond donors (Lipinski definition) is 1. The molecule has 0 unspecified atom stereocenters. The number of nitrogens with zero attached hydrogens (tertiary/aromatic N) is 2. The van der Waals surface area contributed by atoms with Gasteiger partial charge in [0.25, 0.3) is 0 Å². The highest BCUT2D eigenvalue weighted by Gasteiger charge is 2.31. The summed E-state index contributed by atoms with van der Waals surface area (Å²) in [6.07, 6.45) is 1.12. The van der Waals surface area contributed by atoms with E-state index < -0.39 is 21.4 Å². The molecule has 0 aliphatic carbocycles. The van der Waals surface area contributed by atoms with E-state index in [1.54, 1.807) is 6.07 Å². The molecule has 108 valence electrons. The molecule has 1 aromatic rings. The van der Waals surface area contributed by atoms with Gasteiger partial charge in [-0.1, -0.05) is 6.07 Å². The van der Waals surface area contributed by atoms with Crippen LogP contribution < -0.4 is 0 Å². The van der Waals surface area contributed by atoms with Crippen LogP contribution in [0.5, 0.6) is 0 Å². The van der Waals surface area contributed by atoms with Crippen LogP contribution in [0.2, 0.25) is 0 Å². The molecular formula is C13H15FN2O3S. The molecule has 1 aromatic carbocycles. The van der Waals surface area contributed by atoms with Crippen LogP contribution in [0.4, 0.5) is 4.39 Å². The SMILES string of the molecule is N#Cc1c(F)cccc1S(=O)(=O)N1CCC(CO)CC1. The maximum Gasteiger partial charge on any atom is 0.244 e. The van der Waals surface area contributed by atoms with Gasteiger partial charge in [0, 0.05) is 19.7 Å². The van der Waals surface area contributed by atoms with E-state index in [1.165, 1.54) is 16.4 Å². The van der Waals surface area contributed by atoms with Crippen LogP contribution in [0.15, 0.2) is 23.1 Å². The van der Waals surface area contributed by atoms with Crippen molar-refractivity contribution in [3.63, 3.8) is 0 Å². The first kappa shape index (κ1) is 14.9. The second-order valence-corrected chi connectivity index (χ2v) is 6.66. The van der Waals surface area contributed by atoms with Gasteiger partial charge in [-0.05, 0) is 30.9 Å². The van der Waals surface area contributed by atoms with Crippen LogP contribution in [-0.4, -0.2) is 37.5 Å². The minimum absolute atomic E-state index is 0.0390. The summed E-state index contributed by atoms with van der Waals surface area (Å²) in [4.78, 5) is -0.289. The van der Waals surface area contributed by atoms with Gasteiger partial charge >= 0.3 is 0 Å². The number of hydrogen-bond acceptors (Lipinski definition) is 4. The minimum Gasteiger partial charge on any atom is -0.396 e. The molecule has 1 aliphatic rings. The van der Waals surface area contributed by atoms with E-state index >= 15 is 0 Å². The average Bonchev–Trinajstić information content (AvgIpc) is 2.47. The molecule has 20 heavy (non-hydrogen) atoms. The molecule has 0 spiro atoms. The lowest BCUT2D eigenvalue weighted by atomic mass is 10.00. The van der Waals surface area contributed by atoms with E-state index in [-0.39, 0.29) is 30.5 Å². The van der Waals surface area contributed by atoms with Crippen molar-refractivity contribution in [2.45, 2.75) is 17.7 Å². The third kappa shape index (κ3) is 2.68. The lowest BCUT2D eigenvalue weighted by Gasteiger charge is -2.30. The van der Waals surface area contributed by atoms with Crippen LogP contribution in [0.1, 0.15) is 18.4 Å². The zero-order chi connectivity index (χ0) is 14.8.